The van der Waals surface area contributed by atoms with Gasteiger partial charge in [-0.25, -0.2) is 4.98 Å². The molecule has 32 heavy (non-hydrogen) atoms. The van der Waals surface area contributed by atoms with E-state index in [1.807, 2.05) is 13.8 Å². The molecule has 0 radical (unpaired) electrons. The monoisotopic (exact) mass is 497 g/mol. The van der Waals surface area contributed by atoms with Crippen LogP contribution in [0.15, 0.2) is 64.9 Å². The number of pyridine rings is 1. The summed E-state index contributed by atoms with van der Waals surface area (Å²) in [7, 11) is 3.20. The molecule has 2 aromatic rings. The van der Waals surface area contributed by atoms with Crippen LogP contribution >= 0.6 is 15.9 Å². The number of anilines is 2. The van der Waals surface area contributed by atoms with Crippen LogP contribution in [0, 0.1) is 11.3 Å². The van der Waals surface area contributed by atoms with E-state index in [-0.39, 0.29) is 5.56 Å². The van der Waals surface area contributed by atoms with E-state index in [0.717, 1.165) is 4.47 Å². The molecule has 2 N–H and O–H groups in total. The average molecular weight is 498 g/mol. The van der Waals surface area contributed by atoms with Gasteiger partial charge in [0.05, 0.1) is 30.0 Å². The fraction of sp³-hybridized carbons (Fsp3) is 0.217. The molecule has 0 saturated heterocycles. The summed E-state index contributed by atoms with van der Waals surface area (Å²) < 4.78 is 6.00. The lowest BCUT2D eigenvalue weighted by Gasteiger charge is -2.22. The molecule has 1 aromatic carbocycles. The van der Waals surface area contributed by atoms with E-state index in [4.69, 9.17) is 10.00 Å². The molecule has 0 saturated carbocycles. The van der Waals surface area contributed by atoms with Gasteiger partial charge in [-0.05, 0) is 58.4 Å². The summed E-state index contributed by atoms with van der Waals surface area (Å²) in [5, 5.41) is 14.5. The topological polar surface area (TPSA) is 107 Å². The molecule has 8 nitrogen and oxygen atoms in total. The van der Waals surface area contributed by atoms with Crippen molar-refractivity contribution in [2.45, 2.75) is 19.9 Å². The summed E-state index contributed by atoms with van der Waals surface area (Å²) >= 11 is 3.29. The number of nitriles is 1. The number of nitrogens with zero attached hydrogens (tertiary/aromatic N) is 3. The van der Waals surface area contributed by atoms with Gasteiger partial charge in [-0.1, -0.05) is 13.8 Å². The van der Waals surface area contributed by atoms with Crippen LogP contribution in [-0.2, 0) is 4.79 Å². The highest BCUT2D eigenvalue weighted by Gasteiger charge is 2.20. The Morgan fingerprint density at radius 3 is 2.53 bits per heavy atom. The van der Waals surface area contributed by atoms with Crippen LogP contribution in [0.4, 0.5) is 11.5 Å². The molecule has 3 rings (SSSR count). The molecule has 1 aliphatic heterocycles. The Kier molecular flexibility index (Phi) is 8.98. The molecule has 0 bridgehead atoms. The van der Waals surface area contributed by atoms with Crippen LogP contribution in [0.25, 0.3) is 0 Å². The summed E-state index contributed by atoms with van der Waals surface area (Å²) in [6.45, 7) is 4.00. The number of methoxy groups -OCH3 is 1. The van der Waals surface area contributed by atoms with Gasteiger partial charge in [0.2, 0.25) is 0 Å². The highest BCUT2D eigenvalue weighted by atomic mass is 79.9. The standard InChI is InChI=1S/C21H18BrN5O3.C2H6/c1-27-12-13(3-5-15(27)10-23)20(28)25-18-7-6-16(30-2)9-17(18)21(29)26-19-8-4-14(22)11-24-19;1-2/h3-9,11-12,15H,1-2H3,(H,25,28)(H,24,26,29);1-2H3. The lowest BCUT2D eigenvalue weighted by Crippen LogP contribution is -2.29. The Morgan fingerprint density at radius 2 is 1.94 bits per heavy atom. The SMILES string of the molecule is CC.COc1ccc(NC(=O)C2=CN(C)C(C#N)C=C2)c(C(=O)Nc2ccc(Br)cn2)c1. The van der Waals surface area contributed by atoms with E-state index in [9.17, 15) is 9.59 Å². The molecular formula is C23H24BrN5O3. The average Bonchev–Trinajstić information content (AvgIpc) is 2.82. The molecule has 0 fully saturated rings. The third kappa shape index (κ3) is 6.18. The molecule has 9 heteroatoms. The van der Waals surface area contributed by atoms with Crippen LogP contribution in [0.3, 0.4) is 0 Å². The van der Waals surface area contributed by atoms with Crippen molar-refractivity contribution in [2.24, 2.45) is 0 Å². The Morgan fingerprint density at radius 1 is 1.19 bits per heavy atom. The molecule has 1 atom stereocenters. The van der Waals surface area contributed by atoms with E-state index in [1.54, 1.807) is 60.8 Å². The number of hydrogen-bond acceptors (Lipinski definition) is 6. The first-order valence-corrected chi connectivity index (χ1v) is 10.6. The Bertz CT molecular complexity index is 1070. The number of amides is 2. The second-order valence-corrected chi connectivity index (χ2v) is 7.28. The molecule has 0 spiro atoms. The quantitative estimate of drug-likeness (QED) is 0.635. The molecule has 2 amide bonds. The predicted molar refractivity (Wildman–Crippen MR) is 127 cm³/mol. The number of likely N-dealkylation sites (N-methyl/N-ethyl adjacent to an activating group) is 1. The third-order valence-electron chi connectivity index (χ3n) is 4.32. The maximum absolute atomic E-state index is 12.8. The molecule has 1 aromatic heterocycles. The molecule has 1 unspecified atom stereocenters. The zero-order valence-corrected chi connectivity index (χ0v) is 19.8. The van der Waals surface area contributed by atoms with Gasteiger partial charge in [-0.2, -0.15) is 5.26 Å². The van der Waals surface area contributed by atoms with Gasteiger partial charge >= 0.3 is 0 Å². The van der Waals surface area contributed by atoms with E-state index in [0.29, 0.717) is 22.8 Å². The van der Waals surface area contributed by atoms with Crippen molar-refractivity contribution >= 4 is 39.2 Å². The molecule has 166 valence electrons. The van der Waals surface area contributed by atoms with Crippen molar-refractivity contribution in [3.05, 3.63) is 70.5 Å². The summed E-state index contributed by atoms with van der Waals surface area (Å²) in [4.78, 5) is 31.3. The lowest BCUT2D eigenvalue weighted by atomic mass is 10.1. The van der Waals surface area contributed by atoms with Gasteiger partial charge in [0, 0.05) is 23.9 Å². The van der Waals surface area contributed by atoms with Crippen molar-refractivity contribution in [1.29, 1.82) is 5.26 Å². The molecular weight excluding hydrogens is 474 g/mol. The smallest absolute Gasteiger partial charge is 0.259 e. The maximum atomic E-state index is 12.8. The minimum Gasteiger partial charge on any atom is -0.497 e. The summed E-state index contributed by atoms with van der Waals surface area (Å²) in [6, 6.07) is 9.86. The van der Waals surface area contributed by atoms with Crippen molar-refractivity contribution in [3.63, 3.8) is 0 Å². The largest absolute Gasteiger partial charge is 0.497 e. The fourth-order valence-corrected chi connectivity index (χ4v) is 2.95. The van der Waals surface area contributed by atoms with Crippen LogP contribution < -0.4 is 15.4 Å². The minimum atomic E-state index is -0.450. The second kappa shape index (κ2) is 11.7. The van der Waals surface area contributed by atoms with E-state index < -0.39 is 17.9 Å². The number of rotatable bonds is 5. The number of carbonyl (C=O) groups excluding carboxylic acids is 2. The number of carbonyl (C=O) groups is 2. The summed E-state index contributed by atoms with van der Waals surface area (Å²) in [5.41, 5.74) is 0.895. The van der Waals surface area contributed by atoms with Crippen molar-refractivity contribution < 1.29 is 14.3 Å². The number of hydrogen-bond donors (Lipinski definition) is 2. The third-order valence-corrected chi connectivity index (χ3v) is 4.79. The van der Waals surface area contributed by atoms with Crippen LogP contribution in [0.1, 0.15) is 24.2 Å². The Balaban J connectivity index is 0.00000176. The Hall–Kier alpha value is -3.64. The number of ether oxygens (including phenoxy) is 1. The maximum Gasteiger partial charge on any atom is 0.259 e. The first-order valence-electron chi connectivity index (χ1n) is 9.85. The van der Waals surface area contributed by atoms with Gasteiger partial charge < -0.3 is 20.3 Å². The summed E-state index contributed by atoms with van der Waals surface area (Å²) in [5.74, 6) is -0.0231. The fourth-order valence-electron chi connectivity index (χ4n) is 2.72. The minimum absolute atomic E-state index is 0.219. The number of halogens is 1. The zero-order valence-electron chi connectivity index (χ0n) is 18.2. The van der Waals surface area contributed by atoms with E-state index in [1.165, 1.54) is 13.2 Å². The highest BCUT2D eigenvalue weighted by Crippen LogP contribution is 2.24. The van der Waals surface area contributed by atoms with Gasteiger partial charge in [0.1, 0.15) is 17.6 Å². The molecule has 1 aliphatic rings. The van der Waals surface area contributed by atoms with Crippen LogP contribution in [-0.4, -0.2) is 41.9 Å². The Labute approximate surface area is 195 Å². The van der Waals surface area contributed by atoms with Gasteiger partial charge in [0.25, 0.3) is 11.8 Å². The van der Waals surface area contributed by atoms with Gasteiger partial charge in [0.15, 0.2) is 0 Å². The zero-order chi connectivity index (χ0) is 23.7. The van der Waals surface area contributed by atoms with Crippen molar-refractivity contribution in [1.82, 2.24) is 9.88 Å². The predicted octanol–water partition coefficient (Wildman–Crippen LogP) is 4.35. The normalized spacial score (nSPS) is 14.3. The highest BCUT2D eigenvalue weighted by molar-refractivity contribution is 9.10. The first kappa shape index (κ1) is 24.6. The van der Waals surface area contributed by atoms with Crippen LogP contribution in [0.2, 0.25) is 0 Å². The van der Waals surface area contributed by atoms with Crippen molar-refractivity contribution in [2.75, 3.05) is 24.8 Å². The van der Waals surface area contributed by atoms with Crippen molar-refractivity contribution in [3.8, 4) is 11.8 Å². The van der Waals surface area contributed by atoms with E-state index in [2.05, 4.69) is 37.6 Å². The van der Waals surface area contributed by atoms with Gasteiger partial charge in [-0.3, -0.25) is 9.59 Å². The summed E-state index contributed by atoms with van der Waals surface area (Å²) in [6.07, 6.45) is 6.36. The number of nitrogens with one attached hydrogen (secondary N) is 2. The van der Waals surface area contributed by atoms with E-state index >= 15 is 0 Å². The second-order valence-electron chi connectivity index (χ2n) is 6.36. The van der Waals surface area contributed by atoms with Gasteiger partial charge in [-0.15, -0.1) is 0 Å². The number of benzene rings is 1. The molecule has 0 aliphatic carbocycles. The first-order chi connectivity index (χ1) is 15.4. The lowest BCUT2D eigenvalue weighted by molar-refractivity contribution is -0.112. The van der Waals surface area contributed by atoms with Crippen LogP contribution in [0.5, 0.6) is 5.75 Å². The molecule has 2 heterocycles. The number of aromatic nitrogens is 1.